The van der Waals surface area contributed by atoms with Crippen LogP contribution in [-0.4, -0.2) is 39.9 Å². The second kappa shape index (κ2) is 6.10. The summed E-state index contributed by atoms with van der Waals surface area (Å²) in [4.78, 5) is 13.9. The summed E-state index contributed by atoms with van der Waals surface area (Å²) in [5.74, 6) is 1.14. The number of rotatable bonds is 2. The largest absolute Gasteiger partial charge is 0.463 e. The summed E-state index contributed by atoms with van der Waals surface area (Å²) in [6, 6.07) is 5.78. The molecule has 0 radical (unpaired) electrons. The van der Waals surface area contributed by atoms with Gasteiger partial charge in [-0.05, 0) is 51.8 Å². The van der Waals surface area contributed by atoms with Crippen LogP contribution in [0.25, 0.3) is 11.5 Å². The number of ether oxygens (including phenoxy) is 1. The molecule has 3 rings (SSSR count). The van der Waals surface area contributed by atoms with Gasteiger partial charge in [0.25, 0.3) is 0 Å². The van der Waals surface area contributed by atoms with Crippen LogP contribution in [0.5, 0.6) is 0 Å². The lowest BCUT2D eigenvalue weighted by atomic mass is 9.93. The van der Waals surface area contributed by atoms with Crippen LogP contribution < -0.4 is 0 Å². The maximum Gasteiger partial charge on any atom is 0.410 e. The number of furan rings is 1. The number of nitrogens with one attached hydrogen (secondary N) is 1. The molecular weight excluding hydrogens is 294 g/mol. The van der Waals surface area contributed by atoms with E-state index in [1.807, 2.05) is 39.0 Å². The zero-order valence-electron chi connectivity index (χ0n) is 13.8. The Bertz CT molecular complexity index is 647. The SMILES string of the molecule is CC(C)(C)OC(=O)N1CCC(c2cc(-c3ccco3)n[nH]2)CC1. The number of carbonyl (C=O) groups is 1. The summed E-state index contributed by atoms with van der Waals surface area (Å²) in [6.07, 6.45) is 3.22. The lowest BCUT2D eigenvalue weighted by molar-refractivity contribution is 0.0204. The van der Waals surface area contributed by atoms with Crippen molar-refractivity contribution < 1.29 is 13.9 Å². The molecule has 0 saturated carbocycles. The fraction of sp³-hybridized carbons (Fsp3) is 0.529. The van der Waals surface area contributed by atoms with E-state index in [0.29, 0.717) is 19.0 Å². The third kappa shape index (κ3) is 3.75. The molecule has 124 valence electrons. The number of aromatic nitrogens is 2. The van der Waals surface area contributed by atoms with Gasteiger partial charge in [0.1, 0.15) is 11.3 Å². The van der Waals surface area contributed by atoms with E-state index in [-0.39, 0.29) is 6.09 Å². The minimum Gasteiger partial charge on any atom is -0.463 e. The summed E-state index contributed by atoms with van der Waals surface area (Å²) in [5.41, 5.74) is 1.47. The first-order valence-electron chi connectivity index (χ1n) is 7.99. The van der Waals surface area contributed by atoms with Crippen molar-refractivity contribution in [2.45, 2.75) is 45.1 Å². The normalized spacial score (nSPS) is 16.6. The van der Waals surface area contributed by atoms with Crippen LogP contribution in [0, 0.1) is 0 Å². The lowest BCUT2D eigenvalue weighted by Gasteiger charge is -2.33. The molecule has 0 aromatic carbocycles. The molecule has 0 atom stereocenters. The molecule has 1 amide bonds. The van der Waals surface area contributed by atoms with Gasteiger partial charge in [-0.1, -0.05) is 0 Å². The highest BCUT2D eigenvalue weighted by Crippen LogP contribution is 2.30. The van der Waals surface area contributed by atoms with Gasteiger partial charge in [-0.25, -0.2) is 4.79 Å². The molecule has 0 aliphatic carbocycles. The molecule has 6 nitrogen and oxygen atoms in total. The Morgan fingerprint density at radius 3 is 2.74 bits per heavy atom. The third-order valence-corrected chi connectivity index (χ3v) is 3.96. The van der Waals surface area contributed by atoms with Crippen LogP contribution in [0.4, 0.5) is 4.79 Å². The summed E-state index contributed by atoms with van der Waals surface area (Å²) in [6.45, 7) is 7.07. The Morgan fingerprint density at radius 2 is 2.13 bits per heavy atom. The molecule has 1 aliphatic rings. The van der Waals surface area contributed by atoms with Crippen molar-refractivity contribution in [2.75, 3.05) is 13.1 Å². The van der Waals surface area contributed by atoms with Gasteiger partial charge >= 0.3 is 6.09 Å². The van der Waals surface area contributed by atoms with Crippen molar-refractivity contribution in [2.24, 2.45) is 0 Å². The van der Waals surface area contributed by atoms with Gasteiger partial charge in [0.15, 0.2) is 5.76 Å². The first kappa shape index (κ1) is 15.6. The van der Waals surface area contributed by atoms with Crippen LogP contribution >= 0.6 is 0 Å². The zero-order chi connectivity index (χ0) is 16.4. The highest BCUT2D eigenvalue weighted by Gasteiger charge is 2.28. The lowest BCUT2D eigenvalue weighted by Crippen LogP contribution is -2.41. The molecule has 0 unspecified atom stereocenters. The molecule has 23 heavy (non-hydrogen) atoms. The molecule has 3 heterocycles. The quantitative estimate of drug-likeness (QED) is 0.915. The number of carbonyl (C=O) groups excluding carboxylic acids is 1. The molecule has 0 bridgehead atoms. The molecule has 6 heteroatoms. The van der Waals surface area contributed by atoms with Gasteiger partial charge in [-0.2, -0.15) is 5.10 Å². The summed E-state index contributed by atoms with van der Waals surface area (Å²) >= 11 is 0. The van der Waals surface area contributed by atoms with Crippen LogP contribution in [0.3, 0.4) is 0 Å². The summed E-state index contributed by atoms with van der Waals surface area (Å²) < 4.78 is 10.8. The smallest absolute Gasteiger partial charge is 0.410 e. The maximum atomic E-state index is 12.1. The van der Waals surface area contributed by atoms with E-state index in [1.165, 1.54) is 0 Å². The van der Waals surface area contributed by atoms with Gasteiger partial charge < -0.3 is 14.1 Å². The molecule has 0 spiro atoms. The fourth-order valence-electron chi connectivity index (χ4n) is 2.80. The standard InChI is InChI=1S/C17H23N3O3/c1-17(2,3)23-16(21)20-8-6-12(7-9-20)13-11-14(19-18-13)15-5-4-10-22-15/h4-5,10-12H,6-9H2,1-3H3,(H,18,19). The van der Waals surface area contributed by atoms with E-state index in [9.17, 15) is 4.79 Å². The molecular formula is C17H23N3O3. The second-order valence-electron chi connectivity index (χ2n) is 6.93. The van der Waals surface area contributed by atoms with Crippen LogP contribution in [-0.2, 0) is 4.74 Å². The van der Waals surface area contributed by atoms with Crippen molar-refractivity contribution in [1.29, 1.82) is 0 Å². The van der Waals surface area contributed by atoms with Crippen molar-refractivity contribution in [3.8, 4) is 11.5 Å². The Balaban J connectivity index is 1.58. The molecule has 1 aliphatic heterocycles. The van der Waals surface area contributed by atoms with E-state index in [1.54, 1.807) is 11.2 Å². The number of hydrogen-bond donors (Lipinski definition) is 1. The predicted molar refractivity (Wildman–Crippen MR) is 86.1 cm³/mol. The van der Waals surface area contributed by atoms with Gasteiger partial charge in [0.2, 0.25) is 0 Å². The molecule has 2 aromatic heterocycles. The van der Waals surface area contributed by atoms with Crippen LogP contribution in [0.1, 0.15) is 45.2 Å². The Labute approximate surface area is 135 Å². The van der Waals surface area contributed by atoms with E-state index in [4.69, 9.17) is 9.15 Å². The first-order valence-corrected chi connectivity index (χ1v) is 7.99. The van der Waals surface area contributed by atoms with Crippen molar-refractivity contribution in [3.05, 3.63) is 30.2 Å². The number of hydrogen-bond acceptors (Lipinski definition) is 4. The molecule has 1 fully saturated rings. The average Bonchev–Trinajstić information content (AvgIpc) is 3.17. The van der Waals surface area contributed by atoms with Crippen molar-refractivity contribution in [1.82, 2.24) is 15.1 Å². The Hall–Kier alpha value is -2.24. The zero-order valence-corrected chi connectivity index (χ0v) is 13.8. The minimum absolute atomic E-state index is 0.225. The van der Waals surface area contributed by atoms with Gasteiger partial charge in [-0.3, -0.25) is 5.10 Å². The topological polar surface area (TPSA) is 71.4 Å². The van der Waals surface area contributed by atoms with Gasteiger partial charge in [0.05, 0.1) is 6.26 Å². The van der Waals surface area contributed by atoms with E-state index in [0.717, 1.165) is 30.0 Å². The number of likely N-dealkylation sites (tertiary alicyclic amines) is 1. The molecule has 1 saturated heterocycles. The highest BCUT2D eigenvalue weighted by molar-refractivity contribution is 5.68. The van der Waals surface area contributed by atoms with Crippen molar-refractivity contribution in [3.63, 3.8) is 0 Å². The third-order valence-electron chi connectivity index (χ3n) is 3.96. The number of H-pyrrole nitrogens is 1. The van der Waals surface area contributed by atoms with Crippen LogP contribution in [0.15, 0.2) is 28.9 Å². The monoisotopic (exact) mass is 317 g/mol. The Kier molecular flexibility index (Phi) is 4.15. The van der Waals surface area contributed by atoms with E-state index in [2.05, 4.69) is 10.2 Å². The van der Waals surface area contributed by atoms with E-state index >= 15 is 0 Å². The van der Waals surface area contributed by atoms with Crippen molar-refractivity contribution >= 4 is 6.09 Å². The second-order valence-corrected chi connectivity index (χ2v) is 6.93. The number of piperidine rings is 1. The van der Waals surface area contributed by atoms with Gasteiger partial charge in [0, 0.05) is 24.7 Å². The fourth-order valence-corrected chi connectivity index (χ4v) is 2.80. The number of aromatic amines is 1. The summed E-state index contributed by atoms with van der Waals surface area (Å²) in [5, 5.41) is 7.41. The average molecular weight is 317 g/mol. The maximum absolute atomic E-state index is 12.1. The first-order chi connectivity index (χ1) is 10.9. The predicted octanol–water partition coefficient (Wildman–Crippen LogP) is 3.78. The van der Waals surface area contributed by atoms with E-state index < -0.39 is 5.60 Å². The van der Waals surface area contributed by atoms with Gasteiger partial charge in [-0.15, -0.1) is 0 Å². The molecule has 1 N–H and O–H groups in total. The number of nitrogens with zero attached hydrogens (tertiary/aromatic N) is 2. The highest BCUT2D eigenvalue weighted by atomic mass is 16.6. The van der Waals surface area contributed by atoms with Crippen LogP contribution in [0.2, 0.25) is 0 Å². The Morgan fingerprint density at radius 1 is 1.39 bits per heavy atom. The minimum atomic E-state index is -0.449. The molecule has 2 aromatic rings. The summed E-state index contributed by atoms with van der Waals surface area (Å²) in [7, 11) is 0. The number of amides is 1.